The van der Waals surface area contributed by atoms with Crippen molar-refractivity contribution >= 4 is 27.6 Å². The van der Waals surface area contributed by atoms with Crippen LogP contribution < -0.4 is 5.32 Å². The van der Waals surface area contributed by atoms with Gasteiger partial charge in [0.1, 0.15) is 6.61 Å². The van der Waals surface area contributed by atoms with E-state index in [1.807, 2.05) is 0 Å². The normalized spacial score (nSPS) is 13.2. The molecule has 166 valence electrons. The summed E-state index contributed by atoms with van der Waals surface area (Å²) in [4.78, 5) is 23.4. The van der Waals surface area contributed by atoms with Gasteiger partial charge in [-0.05, 0) is 20.3 Å². The molecule has 8 nitrogen and oxygen atoms in total. The lowest BCUT2D eigenvalue weighted by Crippen LogP contribution is -2.44. The molecule has 1 heterocycles. The topological polar surface area (TPSA) is 116 Å². The number of esters is 1. The van der Waals surface area contributed by atoms with E-state index in [0.29, 0.717) is 5.69 Å². The largest absolute Gasteiger partial charge is 0.464 e. The Labute approximate surface area is 167 Å². The van der Waals surface area contributed by atoms with Crippen molar-refractivity contribution < 1.29 is 40.4 Å². The second-order valence-corrected chi connectivity index (χ2v) is 10.4. The van der Waals surface area contributed by atoms with Crippen LogP contribution >= 0.6 is 0 Å². The molecule has 0 saturated heterocycles. The summed E-state index contributed by atoms with van der Waals surface area (Å²) in [5.41, 5.74) is -0.536. The van der Waals surface area contributed by atoms with Gasteiger partial charge in [0.05, 0.1) is 11.4 Å². The number of hydrogen-bond donors (Lipinski definition) is 1. The fourth-order valence-electron chi connectivity index (χ4n) is 2.17. The standard InChI is InChI=1S/C17H25F3N2O6S/c1-11(23)21-13-9-12(22-28-13)15(2,3)10-27-14(24)16(4,5)29(25,26)8-6-7-17(18,19)20/h9H,6-8,10H2,1-5H3,(H,21,23). The van der Waals surface area contributed by atoms with Crippen LogP contribution in [-0.4, -0.2) is 48.7 Å². The number of hydrogen-bond acceptors (Lipinski definition) is 7. The maximum Gasteiger partial charge on any atom is 0.389 e. The highest BCUT2D eigenvalue weighted by Gasteiger charge is 2.44. The molecule has 1 amide bonds. The van der Waals surface area contributed by atoms with Gasteiger partial charge in [-0.2, -0.15) is 13.2 Å². The maximum absolute atomic E-state index is 12.4. The van der Waals surface area contributed by atoms with Crippen LogP contribution in [0.2, 0.25) is 0 Å². The first-order valence-electron chi connectivity index (χ1n) is 8.69. The van der Waals surface area contributed by atoms with Crippen LogP contribution in [0.1, 0.15) is 53.2 Å². The van der Waals surface area contributed by atoms with Crippen LogP contribution in [0.4, 0.5) is 19.1 Å². The molecule has 0 unspecified atom stereocenters. The Morgan fingerprint density at radius 3 is 2.31 bits per heavy atom. The molecule has 0 atom stereocenters. The van der Waals surface area contributed by atoms with Crippen molar-refractivity contribution in [3.63, 3.8) is 0 Å². The molecule has 0 bridgehead atoms. The summed E-state index contributed by atoms with van der Waals surface area (Å²) in [6.45, 7) is 6.51. The van der Waals surface area contributed by atoms with Gasteiger partial charge in [-0.15, -0.1) is 0 Å². The van der Waals surface area contributed by atoms with E-state index in [9.17, 15) is 31.2 Å². The third-order valence-corrected chi connectivity index (χ3v) is 6.76. The zero-order chi connectivity index (χ0) is 22.7. The van der Waals surface area contributed by atoms with E-state index in [-0.39, 0.29) is 18.4 Å². The monoisotopic (exact) mass is 442 g/mol. The molecule has 0 aliphatic carbocycles. The highest BCUT2D eigenvalue weighted by molar-refractivity contribution is 7.93. The molecule has 0 aliphatic heterocycles. The molecule has 29 heavy (non-hydrogen) atoms. The number of carbonyl (C=O) groups is 2. The number of aromatic nitrogens is 1. The summed E-state index contributed by atoms with van der Waals surface area (Å²) in [5, 5.41) is 6.19. The van der Waals surface area contributed by atoms with E-state index in [1.54, 1.807) is 13.8 Å². The van der Waals surface area contributed by atoms with Gasteiger partial charge in [-0.3, -0.25) is 14.9 Å². The predicted molar refractivity (Wildman–Crippen MR) is 97.9 cm³/mol. The van der Waals surface area contributed by atoms with Crippen molar-refractivity contribution in [3.8, 4) is 0 Å². The van der Waals surface area contributed by atoms with Crippen LogP contribution in [0.3, 0.4) is 0 Å². The van der Waals surface area contributed by atoms with Crippen molar-refractivity contribution in [1.82, 2.24) is 5.16 Å². The second kappa shape index (κ2) is 8.72. The van der Waals surface area contributed by atoms with Crippen molar-refractivity contribution in [2.45, 2.75) is 63.8 Å². The number of anilines is 1. The Morgan fingerprint density at radius 1 is 1.21 bits per heavy atom. The molecule has 0 aliphatic rings. The zero-order valence-electron chi connectivity index (χ0n) is 16.8. The highest BCUT2D eigenvalue weighted by atomic mass is 32.2. The third kappa shape index (κ3) is 7.02. The summed E-state index contributed by atoms with van der Waals surface area (Å²) in [5.74, 6) is -2.14. The first-order chi connectivity index (χ1) is 13.0. The predicted octanol–water partition coefficient (Wildman–Crippen LogP) is 2.99. The first-order valence-corrected chi connectivity index (χ1v) is 10.3. The van der Waals surface area contributed by atoms with E-state index in [1.165, 1.54) is 13.0 Å². The fourth-order valence-corrected chi connectivity index (χ4v) is 3.51. The Hall–Kier alpha value is -2.11. The first kappa shape index (κ1) is 24.9. The highest BCUT2D eigenvalue weighted by Crippen LogP contribution is 2.28. The number of carbonyl (C=O) groups excluding carboxylic acids is 2. The SMILES string of the molecule is CC(=O)Nc1cc(C(C)(C)COC(=O)C(C)(C)S(=O)(=O)CCCC(F)(F)F)no1. The van der Waals surface area contributed by atoms with Gasteiger partial charge in [-0.1, -0.05) is 19.0 Å². The summed E-state index contributed by atoms with van der Waals surface area (Å²) < 4.78 is 69.5. The zero-order valence-corrected chi connectivity index (χ0v) is 17.7. The van der Waals surface area contributed by atoms with E-state index in [2.05, 4.69) is 10.5 Å². The Bertz CT molecular complexity index is 844. The average Bonchev–Trinajstić information content (AvgIpc) is 2.99. The number of ether oxygens (including phenoxy) is 1. The minimum Gasteiger partial charge on any atom is -0.464 e. The van der Waals surface area contributed by atoms with E-state index in [0.717, 1.165) is 13.8 Å². The molecular formula is C17H25F3N2O6S. The van der Waals surface area contributed by atoms with Crippen molar-refractivity contribution in [2.24, 2.45) is 0 Å². The van der Waals surface area contributed by atoms with Crippen LogP contribution in [-0.2, 0) is 29.6 Å². The fraction of sp³-hybridized carbons (Fsp3) is 0.706. The molecule has 1 rings (SSSR count). The Balaban J connectivity index is 2.77. The summed E-state index contributed by atoms with van der Waals surface area (Å²) >= 11 is 0. The number of alkyl halides is 3. The molecule has 1 aromatic rings. The molecule has 1 N–H and O–H groups in total. The van der Waals surface area contributed by atoms with E-state index >= 15 is 0 Å². The smallest absolute Gasteiger partial charge is 0.389 e. The Morgan fingerprint density at radius 2 is 1.79 bits per heavy atom. The summed E-state index contributed by atoms with van der Waals surface area (Å²) in [6, 6.07) is 1.44. The number of amides is 1. The van der Waals surface area contributed by atoms with Crippen molar-refractivity contribution in [1.29, 1.82) is 0 Å². The van der Waals surface area contributed by atoms with Crippen LogP contribution in [0.15, 0.2) is 10.6 Å². The lowest BCUT2D eigenvalue weighted by Gasteiger charge is -2.26. The number of sulfone groups is 1. The lowest BCUT2D eigenvalue weighted by atomic mass is 9.90. The average molecular weight is 442 g/mol. The van der Waals surface area contributed by atoms with Crippen LogP contribution in [0, 0.1) is 0 Å². The molecular weight excluding hydrogens is 417 g/mol. The number of nitrogens with one attached hydrogen (secondary N) is 1. The Kier molecular flexibility index (Phi) is 7.49. The van der Waals surface area contributed by atoms with Gasteiger partial charge >= 0.3 is 12.1 Å². The van der Waals surface area contributed by atoms with Gasteiger partial charge in [0.15, 0.2) is 14.6 Å². The molecule has 0 saturated carbocycles. The van der Waals surface area contributed by atoms with Crippen molar-refractivity contribution in [3.05, 3.63) is 11.8 Å². The summed E-state index contributed by atoms with van der Waals surface area (Å²) in [6.07, 6.45) is -6.37. The van der Waals surface area contributed by atoms with Crippen LogP contribution in [0.25, 0.3) is 0 Å². The lowest BCUT2D eigenvalue weighted by molar-refractivity contribution is -0.147. The van der Waals surface area contributed by atoms with Crippen molar-refractivity contribution in [2.75, 3.05) is 17.7 Å². The minimum absolute atomic E-state index is 0.0967. The number of nitrogens with zero attached hydrogens (tertiary/aromatic N) is 1. The molecule has 1 aromatic heterocycles. The molecule has 12 heteroatoms. The van der Waals surface area contributed by atoms with E-state index < -0.39 is 50.7 Å². The van der Waals surface area contributed by atoms with Gasteiger partial charge in [0, 0.05) is 24.8 Å². The molecule has 0 spiro atoms. The minimum atomic E-state index is -4.47. The number of rotatable bonds is 9. The van der Waals surface area contributed by atoms with Gasteiger partial charge in [-0.25, -0.2) is 8.42 Å². The second-order valence-electron chi connectivity index (χ2n) is 7.77. The molecule has 0 radical (unpaired) electrons. The van der Waals surface area contributed by atoms with Gasteiger partial charge in [0.2, 0.25) is 11.8 Å². The van der Waals surface area contributed by atoms with E-state index in [4.69, 9.17) is 9.26 Å². The molecule has 0 fully saturated rings. The van der Waals surface area contributed by atoms with Gasteiger partial charge < -0.3 is 9.26 Å². The maximum atomic E-state index is 12.4. The molecule has 0 aromatic carbocycles. The third-order valence-electron chi connectivity index (χ3n) is 4.21. The van der Waals surface area contributed by atoms with Gasteiger partial charge in [0.25, 0.3) is 0 Å². The quantitative estimate of drug-likeness (QED) is 0.585. The number of halogens is 3. The summed E-state index contributed by atoms with van der Waals surface area (Å²) in [7, 11) is -4.18. The van der Waals surface area contributed by atoms with Crippen LogP contribution in [0.5, 0.6) is 0 Å².